The van der Waals surface area contributed by atoms with Crippen molar-refractivity contribution >= 4 is 24.4 Å². The smallest absolute Gasteiger partial charge is 0.236 e. The fourth-order valence-electron chi connectivity index (χ4n) is 0.422. The number of rotatable bonds is 5. The molecule has 0 amide bonds. The molecule has 0 rings (SSSR count). The molecule has 0 nitrogen and oxygen atoms in total. The summed E-state index contributed by atoms with van der Waals surface area (Å²) in [5, 5.41) is 0. The van der Waals surface area contributed by atoms with Crippen LogP contribution in [0, 0.1) is 0 Å². The van der Waals surface area contributed by atoms with Crippen molar-refractivity contribution in [2.24, 2.45) is 0 Å². The van der Waals surface area contributed by atoms with Gasteiger partial charge >= 0.3 is 0 Å². The highest BCUT2D eigenvalue weighted by atomic mass is 32.2. The highest BCUT2D eigenvalue weighted by Gasteiger charge is 2.22. The first-order chi connectivity index (χ1) is 4.95. The number of thiol groups is 1. The van der Waals surface area contributed by atoms with Crippen molar-refractivity contribution in [2.45, 2.75) is 24.8 Å². The van der Waals surface area contributed by atoms with Gasteiger partial charge in [0.05, 0.1) is 5.75 Å². The topological polar surface area (TPSA) is 0 Å². The van der Waals surface area contributed by atoms with Gasteiger partial charge in [-0.3, -0.25) is 0 Å². The maximum Gasteiger partial charge on any atom is 0.254 e. The summed E-state index contributed by atoms with van der Waals surface area (Å²) in [7, 11) is 0. The minimum Gasteiger partial charge on any atom is -0.236 e. The molecular weight excluding hydrogens is 193 g/mol. The van der Waals surface area contributed by atoms with Crippen molar-refractivity contribution in [1.29, 1.82) is 0 Å². The van der Waals surface area contributed by atoms with Crippen molar-refractivity contribution < 1.29 is 13.2 Å². The number of alkyl halides is 3. The van der Waals surface area contributed by atoms with E-state index in [2.05, 4.69) is 12.6 Å². The van der Waals surface area contributed by atoms with E-state index in [0.29, 0.717) is 17.5 Å². The molecule has 0 aromatic rings. The van der Waals surface area contributed by atoms with Crippen LogP contribution in [-0.4, -0.2) is 22.9 Å². The summed E-state index contributed by atoms with van der Waals surface area (Å²) in [6.07, 6.45) is 0.226. The summed E-state index contributed by atoms with van der Waals surface area (Å²) >= 11 is 4.43. The fraction of sp³-hybridized carbons (Fsp3) is 1.00. The Bertz CT molecular complexity index is 102. The molecule has 0 N–H and O–H groups in total. The van der Waals surface area contributed by atoms with Gasteiger partial charge in [-0.05, 0) is 12.2 Å². The Morgan fingerprint density at radius 3 is 2.45 bits per heavy atom. The summed E-state index contributed by atoms with van der Waals surface area (Å²) in [5.41, 5.74) is -1.21. The van der Waals surface area contributed by atoms with E-state index in [1.54, 1.807) is 0 Å². The third kappa shape index (κ3) is 8.40. The zero-order chi connectivity index (χ0) is 8.91. The summed E-state index contributed by atoms with van der Waals surface area (Å²) < 4.78 is 36.7. The van der Waals surface area contributed by atoms with Gasteiger partial charge in [0, 0.05) is 6.92 Å². The Balaban J connectivity index is 3.38. The Hall–Kier alpha value is 0.490. The summed E-state index contributed by atoms with van der Waals surface area (Å²) in [6.45, 7) is 0.785. The zero-order valence-electron chi connectivity index (χ0n) is 6.19. The van der Waals surface area contributed by atoms with Crippen molar-refractivity contribution in [3.63, 3.8) is 0 Å². The average Bonchev–Trinajstić information content (AvgIpc) is 1.83. The maximum atomic E-state index is 12.5. The minimum atomic E-state index is -2.77. The Labute approximate surface area is 74.3 Å². The van der Waals surface area contributed by atoms with Crippen LogP contribution in [0.25, 0.3) is 0 Å². The molecule has 11 heavy (non-hydrogen) atoms. The predicted molar refractivity (Wildman–Crippen MR) is 46.4 cm³/mol. The van der Waals surface area contributed by atoms with Crippen LogP contribution in [0.3, 0.4) is 0 Å². The molecule has 0 aliphatic carbocycles. The van der Waals surface area contributed by atoms with Gasteiger partial charge in [0.25, 0.3) is 5.92 Å². The van der Waals surface area contributed by atoms with E-state index in [0.717, 1.165) is 6.92 Å². The molecule has 68 valence electrons. The van der Waals surface area contributed by atoms with Crippen LogP contribution >= 0.6 is 24.4 Å². The molecule has 0 aromatic heterocycles. The van der Waals surface area contributed by atoms with E-state index in [1.807, 2.05) is 0 Å². The van der Waals surface area contributed by atoms with Crippen LogP contribution in [-0.2, 0) is 0 Å². The van der Waals surface area contributed by atoms with E-state index in [-0.39, 0.29) is 6.42 Å². The first-order valence-electron chi connectivity index (χ1n) is 3.20. The van der Waals surface area contributed by atoms with Gasteiger partial charge in [0.15, 0.2) is 0 Å². The second-order valence-corrected chi connectivity index (χ2v) is 3.88. The minimum absolute atomic E-state index is 0.226. The van der Waals surface area contributed by atoms with Crippen LogP contribution < -0.4 is 0 Å². The predicted octanol–water partition coefficient (Wildman–Crippen LogP) is 2.99. The zero-order valence-corrected chi connectivity index (χ0v) is 7.90. The molecule has 0 saturated heterocycles. The van der Waals surface area contributed by atoms with Crippen molar-refractivity contribution in [3.05, 3.63) is 0 Å². The molecular formula is C6H11F3S2. The second-order valence-electron chi connectivity index (χ2n) is 2.30. The van der Waals surface area contributed by atoms with E-state index in [9.17, 15) is 13.2 Å². The van der Waals surface area contributed by atoms with Crippen molar-refractivity contribution in [1.82, 2.24) is 0 Å². The van der Waals surface area contributed by atoms with Crippen LogP contribution in [0.1, 0.15) is 13.3 Å². The lowest BCUT2D eigenvalue weighted by Gasteiger charge is -2.11. The van der Waals surface area contributed by atoms with Gasteiger partial charge in [0.1, 0.15) is 5.50 Å². The number of halogens is 3. The molecule has 5 heteroatoms. The van der Waals surface area contributed by atoms with Crippen LogP contribution in [0.5, 0.6) is 0 Å². The molecule has 0 radical (unpaired) electrons. The molecule has 0 bridgehead atoms. The van der Waals surface area contributed by atoms with E-state index in [1.165, 1.54) is 0 Å². The van der Waals surface area contributed by atoms with E-state index in [4.69, 9.17) is 0 Å². The van der Waals surface area contributed by atoms with E-state index >= 15 is 0 Å². The standard InChI is InChI=1S/C6H11F3S2/c1-6(8,9)4-11-5(7)2-3-10/h5,10H,2-4H2,1H3. The molecule has 0 fully saturated rings. The first kappa shape index (κ1) is 11.5. The maximum absolute atomic E-state index is 12.5. The van der Waals surface area contributed by atoms with Gasteiger partial charge < -0.3 is 0 Å². The van der Waals surface area contributed by atoms with Crippen molar-refractivity contribution in [2.75, 3.05) is 11.5 Å². The van der Waals surface area contributed by atoms with Gasteiger partial charge in [0.2, 0.25) is 0 Å². The van der Waals surface area contributed by atoms with Gasteiger partial charge in [-0.15, -0.1) is 11.8 Å². The Morgan fingerprint density at radius 2 is 2.09 bits per heavy atom. The molecule has 0 aliphatic heterocycles. The van der Waals surface area contributed by atoms with Gasteiger partial charge in [-0.25, -0.2) is 13.2 Å². The fourth-order valence-corrected chi connectivity index (χ4v) is 1.58. The van der Waals surface area contributed by atoms with Crippen LogP contribution in [0.2, 0.25) is 0 Å². The highest BCUT2D eigenvalue weighted by molar-refractivity contribution is 7.99. The van der Waals surface area contributed by atoms with Gasteiger partial charge in [-0.1, -0.05) is 0 Å². The SMILES string of the molecule is CC(F)(F)CSC(F)CCS. The first-order valence-corrected chi connectivity index (χ1v) is 4.88. The third-order valence-electron chi connectivity index (χ3n) is 0.874. The molecule has 0 aromatic carbocycles. The second kappa shape index (κ2) is 5.19. The monoisotopic (exact) mass is 204 g/mol. The molecule has 0 aliphatic rings. The van der Waals surface area contributed by atoms with Crippen LogP contribution in [0.15, 0.2) is 0 Å². The largest absolute Gasteiger partial charge is 0.254 e. The average molecular weight is 204 g/mol. The van der Waals surface area contributed by atoms with Crippen molar-refractivity contribution in [3.8, 4) is 0 Å². The number of hydrogen-bond donors (Lipinski definition) is 1. The Kier molecular flexibility index (Phi) is 5.42. The lowest BCUT2D eigenvalue weighted by Crippen LogP contribution is -2.15. The molecule has 1 unspecified atom stereocenters. The normalized spacial score (nSPS) is 15.0. The molecule has 0 saturated carbocycles. The Morgan fingerprint density at radius 1 is 1.55 bits per heavy atom. The summed E-state index contributed by atoms with van der Waals surface area (Å²) in [6, 6.07) is 0. The lowest BCUT2D eigenvalue weighted by molar-refractivity contribution is 0.0489. The third-order valence-corrected chi connectivity index (χ3v) is 2.40. The molecule has 0 heterocycles. The lowest BCUT2D eigenvalue weighted by atomic mass is 10.5. The molecule has 0 spiro atoms. The van der Waals surface area contributed by atoms with Gasteiger partial charge in [-0.2, -0.15) is 12.6 Å². The molecule has 1 atom stereocenters. The highest BCUT2D eigenvalue weighted by Crippen LogP contribution is 2.24. The summed E-state index contributed by atoms with van der Waals surface area (Å²) in [5.74, 6) is -2.84. The van der Waals surface area contributed by atoms with E-state index < -0.39 is 17.2 Å². The number of hydrogen-bond acceptors (Lipinski definition) is 2. The van der Waals surface area contributed by atoms with Crippen LogP contribution in [0.4, 0.5) is 13.2 Å². The quantitative estimate of drug-likeness (QED) is 0.672. The summed E-state index contributed by atoms with van der Waals surface area (Å²) in [4.78, 5) is 0. The number of thioether (sulfide) groups is 1.